The third-order valence-electron chi connectivity index (χ3n) is 2.11. The Morgan fingerprint density at radius 1 is 1.39 bits per heavy atom. The van der Waals surface area contributed by atoms with E-state index in [-0.39, 0.29) is 6.09 Å². The lowest BCUT2D eigenvalue weighted by atomic mass is 10.2. The van der Waals surface area contributed by atoms with E-state index in [0.29, 0.717) is 6.54 Å². The SMILES string of the molecule is CC(C)(C)OC(=O)NCCCNCc1ccsc1. The van der Waals surface area contributed by atoms with E-state index in [9.17, 15) is 4.79 Å². The van der Waals surface area contributed by atoms with E-state index in [1.165, 1.54) is 5.56 Å². The van der Waals surface area contributed by atoms with Gasteiger partial charge in [-0.05, 0) is 56.1 Å². The summed E-state index contributed by atoms with van der Waals surface area (Å²) in [6, 6.07) is 2.11. The van der Waals surface area contributed by atoms with Crippen molar-refractivity contribution >= 4 is 17.4 Å². The Balaban J connectivity index is 1.97. The summed E-state index contributed by atoms with van der Waals surface area (Å²) in [6.45, 7) is 7.96. The number of hydrogen-bond acceptors (Lipinski definition) is 4. The van der Waals surface area contributed by atoms with Gasteiger partial charge in [0.05, 0.1) is 0 Å². The van der Waals surface area contributed by atoms with Gasteiger partial charge in [0.1, 0.15) is 5.60 Å². The van der Waals surface area contributed by atoms with E-state index in [4.69, 9.17) is 4.74 Å². The number of hydrogen-bond donors (Lipinski definition) is 2. The topological polar surface area (TPSA) is 50.4 Å². The number of carbonyl (C=O) groups excluding carboxylic acids is 1. The fourth-order valence-electron chi connectivity index (χ4n) is 1.34. The highest BCUT2D eigenvalue weighted by molar-refractivity contribution is 7.07. The summed E-state index contributed by atoms with van der Waals surface area (Å²) in [5.74, 6) is 0. The third-order valence-corrected chi connectivity index (χ3v) is 2.84. The first kappa shape index (κ1) is 15.0. The molecule has 0 saturated heterocycles. The number of amides is 1. The molecule has 5 heteroatoms. The quantitative estimate of drug-likeness (QED) is 0.781. The van der Waals surface area contributed by atoms with Crippen LogP contribution in [0, 0.1) is 0 Å². The molecule has 0 atom stereocenters. The zero-order valence-corrected chi connectivity index (χ0v) is 12.1. The van der Waals surface area contributed by atoms with E-state index in [1.54, 1.807) is 11.3 Å². The Bertz CT molecular complexity index is 344. The predicted molar refractivity (Wildman–Crippen MR) is 74.9 cm³/mol. The molecule has 0 bridgehead atoms. The highest BCUT2D eigenvalue weighted by atomic mass is 32.1. The molecule has 1 aromatic rings. The average molecular weight is 270 g/mol. The van der Waals surface area contributed by atoms with Crippen LogP contribution < -0.4 is 10.6 Å². The Labute approximate surface area is 113 Å². The van der Waals surface area contributed by atoms with Gasteiger partial charge in [-0.2, -0.15) is 11.3 Å². The van der Waals surface area contributed by atoms with Crippen LogP contribution in [0.1, 0.15) is 32.8 Å². The molecule has 2 N–H and O–H groups in total. The maximum absolute atomic E-state index is 11.3. The van der Waals surface area contributed by atoms with Gasteiger partial charge in [-0.15, -0.1) is 0 Å². The second-order valence-corrected chi connectivity index (χ2v) is 5.87. The molecule has 102 valence electrons. The fourth-order valence-corrected chi connectivity index (χ4v) is 2.01. The lowest BCUT2D eigenvalue weighted by Gasteiger charge is -2.19. The summed E-state index contributed by atoms with van der Waals surface area (Å²) >= 11 is 1.70. The van der Waals surface area contributed by atoms with Crippen LogP contribution in [0.5, 0.6) is 0 Å². The summed E-state index contributed by atoms with van der Waals surface area (Å²) in [5.41, 5.74) is 0.876. The van der Waals surface area contributed by atoms with E-state index in [1.807, 2.05) is 20.8 Å². The molecule has 0 aliphatic carbocycles. The highest BCUT2D eigenvalue weighted by Gasteiger charge is 2.15. The van der Waals surface area contributed by atoms with Gasteiger partial charge < -0.3 is 15.4 Å². The summed E-state index contributed by atoms with van der Waals surface area (Å²) in [4.78, 5) is 11.3. The molecule has 1 rings (SSSR count). The largest absolute Gasteiger partial charge is 0.444 e. The molecule has 0 aliphatic rings. The van der Waals surface area contributed by atoms with Crippen LogP contribution in [0.15, 0.2) is 16.8 Å². The summed E-state index contributed by atoms with van der Waals surface area (Å²) in [7, 11) is 0. The van der Waals surface area contributed by atoms with Crippen molar-refractivity contribution < 1.29 is 9.53 Å². The molecule has 0 unspecified atom stereocenters. The average Bonchev–Trinajstić information content (AvgIpc) is 2.73. The molecule has 1 heterocycles. The first-order valence-electron chi connectivity index (χ1n) is 6.16. The van der Waals surface area contributed by atoms with Crippen LogP contribution in [0.3, 0.4) is 0 Å². The molecule has 1 amide bonds. The van der Waals surface area contributed by atoms with Crippen molar-refractivity contribution in [2.75, 3.05) is 13.1 Å². The third kappa shape index (κ3) is 7.29. The molecule has 0 saturated carbocycles. The van der Waals surface area contributed by atoms with Crippen LogP contribution in [0.4, 0.5) is 4.79 Å². The maximum Gasteiger partial charge on any atom is 0.407 e. The molecule has 4 nitrogen and oxygen atoms in total. The van der Waals surface area contributed by atoms with Gasteiger partial charge in [0, 0.05) is 13.1 Å². The lowest BCUT2D eigenvalue weighted by Crippen LogP contribution is -2.33. The minimum Gasteiger partial charge on any atom is -0.444 e. The second-order valence-electron chi connectivity index (χ2n) is 5.09. The Morgan fingerprint density at radius 2 is 2.17 bits per heavy atom. The van der Waals surface area contributed by atoms with Gasteiger partial charge in [-0.3, -0.25) is 0 Å². The van der Waals surface area contributed by atoms with Crippen LogP contribution in [-0.2, 0) is 11.3 Å². The van der Waals surface area contributed by atoms with Crippen molar-refractivity contribution in [3.05, 3.63) is 22.4 Å². The number of alkyl carbamates (subject to hydrolysis) is 1. The zero-order chi connectivity index (χ0) is 13.4. The van der Waals surface area contributed by atoms with Gasteiger partial charge in [0.15, 0.2) is 0 Å². The van der Waals surface area contributed by atoms with E-state index in [2.05, 4.69) is 27.5 Å². The van der Waals surface area contributed by atoms with Gasteiger partial charge >= 0.3 is 6.09 Å². The smallest absolute Gasteiger partial charge is 0.407 e. The molecular weight excluding hydrogens is 248 g/mol. The number of rotatable bonds is 6. The van der Waals surface area contributed by atoms with Crippen LogP contribution in [0.25, 0.3) is 0 Å². The second kappa shape index (κ2) is 7.38. The van der Waals surface area contributed by atoms with E-state index in [0.717, 1.165) is 19.5 Å². The van der Waals surface area contributed by atoms with E-state index >= 15 is 0 Å². The van der Waals surface area contributed by atoms with Crippen molar-refractivity contribution in [2.45, 2.75) is 39.3 Å². The predicted octanol–water partition coefficient (Wildman–Crippen LogP) is 2.75. The molecule has 0 aromatic carbocycles. The highest BCUT2D eigenvalue weighted by Crippen LogP contribution is 2.06. The van der Waals surface area contributed by atoms with Gasteiger partial charge in [0.2, 0.25) is 0 Å². The van der Waals surface area contributed by atoms with Crippen molar-refractivity contribution in [2.24, 2.45) is 0 Å². The summed E-state index contributed by atoms with van der Waals surface area (Å²) in [6.07, 6.45) is 0.545. The standard InChI is InChI=1S/C13H22N2O2S/c1-13(2,3)17-12(16)15-7-4-6-14-9-11-5-8-18-10-11/h5,8,10,14H,4,6-7,9H2,1-3H3,(H,15,16). The van der Waals surface area contributed by atoms with Crippen LogP contribution >= 0.6 is 11.3 Å². The Hall–Kier alpha value is -1.07. The van der Waals surface area contributed by atoms with Crippen LogP contribution in [0.2, 0.25) is 0 Å². The molecule has 0 spiro atoms. The zero-order valence-electron chi connectivity index (χ0n) is 11.3. The normalized spacial score (nSPS) is 11.3. The van der Waals surface area contributed by atoms with Gasteiger partial charge in [0.25, 0.3) is 0 Å². The molecule has 18 heavy (non-hydrogen) atoms. The summed E-state index contributed by atoms with van der Waals surface area (Å²) < 4.78 is 5.13. The monoisotopic (exact) mass is 270 g/mol. The lowest BCUT2D eigenvalue weighted by molar-refractivity contribution is 0.0527. The number of carbonyl (C=O) groups is 1. The first-order chi connectivity index (χ1) is 8.47. The summed E-state index contributed by atoms with van der Waals surface area (Å²) in [5, 5.41) is 10.3. The molecule has 1 aromatic heterocycles. The molecular formula is C13H22N2O2S. The van der Waals surface area contributed by atoms with Crippen molar-refractivity contribution in [3.63, 3.8) is 0 Å². The fraction of sp³-hybridized carbons (Fsp3) is 0.615. The minimum absolute atomic E-state index is 0.347. The number of ether oxygens (including phenoxy) is 1. The molecule has 0 aliphatic heterocycles. The van der Waals surface area contributed by atoms with Gasteiger partial charge in [-0.25, -0.2) is 4.79 Å². The van der Waals surface area contributed by atoms with E-state index < -0.39 is 5.60 Å². The minimum atomic E-state index is -0.429. The number of nitrogens with one attached hydrogen (secondary N) is 2. The molecule has 0 radical (unpaired) electrons. The van der Waals surface area contributed by atoms with Crippen LogP contribution in [-0.4, -0.2) is 24.8 Å². The maximum atomic E-state index is 11.3. The first-order valence-corrected chi connectivity index (χ1v) is 7.10. The molecule has 0 fully saturated rings. The van der Waals surface area contributed by atoms with Crippen molar-refractivity contribution in [1.82, 2.24) is 10.6 Å². The Morgan fingerprint density at radius 3 is 2.78 bits per heavy atom. The van der Waals surface area contributed by atoms with Crippen molar-refractivity contribution in [3.8, 4) is 0 Å². The van der Waals surface area contributed by atoms with Crippen molar-refractivity contribution in [1.29, 1.82) is 0 Å². The van der Waals surface area contributed by atoms with Gasteiger partial charge in [-0.1, -0.05) is 0 Å². The number of thiophene rings is 1. The Kier molecular flexibility index (Phi) is 6.15.